The lowest BCUT2D eigenvalue weighted by molar-refractivity contribution is 0.203. The van der Waals surface area contributed by atoms with Gasteiger partial charge in [0, 0.05) is 13.1 Å². The summed E-state index contributed by atoms with van der Waals surface area (Å²) in [5.74, 6) is 0.274. The first-order valence-electron chi connectivity index (χ1n) is 9.83. The topological polar surface area (TPSA) is 64.6 Å². The predicted octanol–water partition coefficient (Wildman–Crippen LogP) is 3.04. The van der Waals surface area contributed by atoms with Gasteiger partial charge < -0.3 is 20.6 Å². The Labute approximate surface area is 165 Å². The molecule has 1 aliphatic heterocycles. The Bertz CT molecular complexity index is 731. The van der Waals surface area contributed by atoms with E-state index in [1.54, 1.807) is 12.1 Å². The molecule has 0 aromatic heterocycles. The fourth-order valence-electron chi connectivity index (χ4n) is 3.68. The average Bonchev–Trinajstić information content (AvgIpc) is 2.74. The van der Waals surface area contributed by atoms with Gasteiger partial charge in [-0.05, 0) is 55.1 Å². The maximum atomic E-state index is 13.0. The van der Waals surface area contributed by atoms with E-state index in [2.05, 4.69) is 39.8 Å². The van der Waals surface area contributed by atoms with E-state index in [1.807, 2.05) is 6.07 Å². The molecule has 0 spiro atoms. The minimum absolute atomic E-state index is 0.244. The number of carbonyl (C=O) groups is 1. The molecule has 1 atom stereocenters. The molecule has 6 heteroatoms. The summed E-state index contributed by atoms with van der Waals surface area (Å²) in [4.78, 5) is 14.5. The quantitative estimate of drug-likeness (QED) is 0.686. The van der Waals surface area contributed by atoms with Gasteiger partial charge in [0.25, 0.3) is 0 Å². The standard InChI is InChI=1S/C22H28FN3O2/c23-20-8-6-19(7-9-20)21(16-27)25-22(28)24-12-15-26-13-10-18(11-14-26)17-4-2-1-3-5-17/h1-9,18,21,27H,10-16H2,(H2,24,25,28)/t21-/m0/s1. The molecule has 3 N–H and O–H groups in total. The minimum Gasteiger partial charge on any atom is -0.394 e. The molecule has 150 valence electrons. The summed E-state index contributed by atoms with van der Waals surface area (Å²) < 4.78 is 13.0. The van der Waals surface area contributed by atoms with Crippen LogP contribution in [-0.4, -0.2) is 48.8 Å². The number of hydrogen-bond acceptors (Lipinski definition) is 3. The van der Waals surface area contributed by atoms with E-state index in [0.717, 1.165) is 32.5 Å². The monoisotopic (exact) mass is 385 g/mol. The molecule has 0 saturated carbocycles. The van der Waals surface area contributed by atoms with E-state index in [9.17, 15) is 14.3 Å². The molecule has 2 aromatic carbocycles. The van der Waals surface area contributed by atoms with Crippen molar-refractivity contribution in [2.75, 3.05) is 32.8 Å². The molecular formula is C22H28FN3O2. The van der Waals surface area contributed by atoms with Crippen molar-refractivity contribution in [1.82, 2.24) is 15.5 Å². The molecule has 1 fully saturated rings. The van der Waals surface area contributed by atoms with Gasteiger partial charge in [-0.15, -0.1) is 0 Å². The number of urea groups is 1. The Morgan fingerprint density at radius 2 is 1.79 bits per heavy atom. The van der Waals surface area contributed by atoms with Gasteiger partial charge in [0.15, 0.2) is 0 Å². The Hall–Kier alpha value is -2.44. The molecule has 0 radical (unpaired) electrons. The molecule has 28 heavy (non-hydrogen) atoms. The average molecular weight is 385 g/mol. The van der Waals surface area contributed by atoms with Gasteiger partial charge in [-0.3, -0.25) is 0 Å². The molecule has 3 rings (SSSR count). The van der Waals surface area contributed by atoms with Crippen molar-refractivity contribution in [3.8, 4) is 0 Å². The van der Waals surface area contributed by atoms with Crippen LogP contribution < -0.4 is 10.6 Å². The molecule has 0 aliphatic carbocycles. The van der Waals surface area contributed by atoms with Crippen LogP contribution in [0.25, 0.3) is 0 Å². The molecule has 5 nitrogen and oxygen atoms in total. The number of nitrogens with one attached hydrogen (secondary N) is 2. The van der Waals surface area contributed by atoms with Crippen LogP contribution in [0.3, 0.4) is 0 Å². The Kier molecular flexibility index (Phi) is 7.39. The van der Waals surface area contributed by atoms with Crippen LogP contribution in [0.4, 0.5) is 9.18 Å². The molecule has 0 bridgehead atoms. The number of aliphatic hydroxyl groups is 1. The zero-order valence-corrected chi connectivity index (χ0v) is 16.0. The molecule has 1 saturated heterocycles. The molecular weight excluding hydrogens is 357 g/mol. The Morgan fingerprint density at radius 1 is 1.11 bits per heavy atom. The SMILES string of the molecule is O=C(NCCN1CCC(c2ccccc2)CC1)N[C@@H](CO)c1ccc(F)cc1. The van der Waals surface area contributed by atoms with Crippen LogP contribution in [0, 0.1) is 5.82 Å². The summed E-state index contributed by atoms with van der Waals surface area (Å²) in [6.07, 6.45) is 2.26. The fraction of sp³-hybridized carbons (Fsp3) is 0.409. The number of amides is 2. The number of piperidine rings is 1. The second-order valence-electron chi connectivity index (χ2n) is 7.21. The lowest BCUT2D eigenvalue weighted by atomic mass is 9.89. The number of likely N-dealkylation sites (tertiary alicyclic amines) is 1. The smallest absolute Gasteiger partial charge is 0.315 e. The van der Waals surface area contributed by atoms with Crippen molar-refractivity contribution >= 4 is 6.03 Å². The summed E-state index contributed by atoms with van der Waals surface area (Å²) in [7, 11) is 0. The van der Waals surface area contributed by atoms with Gasteiger partial charge in [0.2, 0.25) is 0 Å². The number of hydrogen-bond donors (Lipinski definition) is 3. The van der Waals surface area contributed by atoms with Gasteiger partial charge in [0.1, 0.15) is 5.82 Å². The van der Waals surface area contributed by atoms with E-state index in [4.69, 9.17) is 0 Å². The van der Waals surface area contributed by atoms with Crippen LogP contribution >= 0.6 is 0 Å². The second kappa shape index (κ2) is 10.2. The number of benzene rings is 2. The third-order valence-corrected chi connectivity index (χ3v) is 5.33. The van der Waals surface area contributed by atoms with Crippen LogP contribution in [0.5, 0.6) is 0 Å². The van der Waals surface area contributed by atoms with Gasteiger partial charge in [-0.2, -0.15) is 0 Å². The number of halogens is 1. The number of carbonyl (C=O) groups excluding carboxylic acids is 1. The first-order chi connectivity index (χ1) is 13.7. The maximum Gasteiger partial charge on any atom is 0.315 e. The molecule has 0 unspecified atom stereocenters. The van der Waals surface area contributed by atoms with Crippen molar-refractivity contribution in [3.05, 3.63) is 71.5 Å². The zero-order chi connectivity index (χ0) is 19.8. The highest BCUT2D eigenvalue weighted by Crippen LogP contribution is 2.27. The normalized spacial score (nSPS) is 16.5. The first-order valence-corrected chi connectivity index (χ1v) is 9.83. The number of nitrogens with zero attached hydrogens (tertiary/aromatic N) is 1. The highest BCUT2D eigenvalue weighted by Gasteiger charge is 2.20. The third-order valence-electron chi connectivity index (χ3n) is 5.33. The molecule has 1 heterocycles. The highest BCUT2D eigenvalue weighted by atomic mass is 19.1. The lowest BCUT2D eigenvalue weighted by Crippen LogP contribution is -2.43. The zero-order valence-electron chi connectivity index (χ0n) is 16.0. The van der Waals surface area contributed by atoms with Crippen molar-refractivity contribution in [1.29, 1.82) is 0 Å². The third kappa shape index (κ3) is 5.78. The molecule has 1 aliphatic rings. The summed E-state index contributed by atoms with van der Waals surface area (Å²) in [5, 5.41) is 15.1. The predicted molar refractivity (Wildman–Crippen MR) is 108 cm³/mol. The van der Waals surface area contributed by atoms with E-state index in [0.29, 0.717) is 18.0 Å². The largest absolute Gasteiger partial charge is 0.394 e. The van der Waals surface area contributed by atoms with E-state index < -0.39 is 6.04 Å². The van der Waals surface area contributed by atoms with Crippen LogP contribution in [0.1, 0.15) is 35.9 Å². The molecule has 2 aromatic rings. The van der Waals surface area contributed by atoms with Crippen molar-refractivity contribution < 1.29 is 14.3 Å². The van der Waals surface area contributed by atoms with E-state index >= 15 is 0 Å². The van der Waals surface area contributed by atoms with Gasteiger partial charge >= 0.3 is 6.03 Å². The summed E-state index contributed by atoms with van der Waals surface area (Å²) >= 11 is 0. The lowest BCUT2D eigenvalue weighted by Gasteiger charge is -2.32. The van der Waals surface area contributed by atoms with E-state index in [1.165, 1.54) is 17.7 Å². The summed E-state index contributed by atoms with van der Waals surface area (Å²) in [5.41, 5.74) is 2.08. The second-order valence-corrected chi connectivity index (χ2v) is 7.21. The van der Waals surface area contributed by atoms with Gasteiger partial charge in [0.05, 0.1) is 12.6 Å². The molecule has 2 amide bonds. The van der Waals surface area contributed by atoms with Crippen molar-refractivity contribution in [2.45, 2.75) is 24.8 Å². The first kappa shape index (κ1) is 20.3. The number of aliphatic hydroxyl groups excluding tert-OH is 1. The summed E-state index contributed by atoms with van der Waals surface area (Å²) in [6, 6.07) is 15.5. The maximum absolute atomic E-state index is 13.0. The summed E-state index contributed by atoms with van der Waals surface area (Å²) in [6.45, 7) is 3.15. The van der Waals surface area contributed by atoms with E-state index in [-0.39, 0.29) is 18.5 Å². The van der Waals surface area contributed by atoms with Crippen molar-refractivity contribution in [3.63, 3.8) is 0 Å². The van der Waals surface area contributed by atoms with Crippen LogP contribution in [0.2, 0.25) is 0 Å². The van der Waals surface area contributed by atoms with Crippen LogP contribution in [0.15, 0.2) is 54.6 Å². The Balaban J connectivity index is 1.37. The van der Waals surface area contributed by atoms with Crippen LogP contribution in [-0.2, 0) is 0 Å². The fourth-order valence-corrected chi connectivity index (χ4v) is 3.68. The highest BCUT2D eigenvalue weighted by molar-refractivity contribution is 5.74. The minimum atomic E-state index is -0.554. The van der Waals surface area contributed by atoms with Gasteiger partial charge in [-0.25, -0.2) is 9.18 Å². The van der Waals surface area contributed by atoms with Gasteiger partial charge in [-0.1, -0.05) is 42.5 Å². The van der Waals surface area contributed by atoms with Crippen molar-refractivity contribution in [2.24, 2.45) is 0 Å². The number of rotatable bonds is 7. The Morgan fingerprint density at radius 3 is 2.43 bits per heavy atom.